The van der Waals surface area contributed by atoms with E-state index < -0.39 is 0 Å². The maximum absolute atomic E-state index is 12.2. The van der Waals surface area contributed by atoms with E-state index in [1.165, 1.54) is 11.8 Å². The minimum absolute atomic E-state index is 0.0397. The maximum atomic E-state index is 12.2. The molecule has 0 N–H and O–H groups in total. The number of carbonyl (C=O) groups is 1. The SMILES string of the molecule is O=C1S/C(=C/c2ccccc2)C(=S)N1Cc1ccc(Cl)cc1. The first kappa shape index (κ1) is 15.3. The van der Waals surface area contributed by atoms with Crippen LogP contribution in [0.2, 0.25) is 5.02 Å². The highest BCUT2D eigenvalue weighted by Gasteiger charge is 2.31. The molecular formula is C17H12ClNOS2. The van der Waals surface area contributed by atoms with Crippen LogP contribution >= 0.6 is 35.6 Å². The van der Waals surface area contributed by atoms with Crippen molar-refractivity contribution < 1.29 is 4.79 Å². The summed E-state index contributed by atoms with van der Waals surface area (Å²) in [6.45, 7) is 0.466. The van der Waals surface area contributed by atoms with Crippen LogP contribution in [0.4, 0.5) is 4.79 Å². The molecule has 1 heterocycles. The van der Waals surface area contributed by atoms with Crippen LogP contribution in [0.25, 0.3) is 6.08 Å². The minimum atomic E-state index is -0.0397. The van der Waals surface area contributed by atoms with Crippen molar-refractivity contribution in [2.75, 3.05) is 0 Å². The third kappa shape index (κ3) is 3.40. The lowest BCUT2D eigenvalue weighted by Crippen LogP contribution is -2.26. The molecule has 0 radical (unpaired) electrons. The van der Waals surface area contributed by atoms with Gasteiger partial charge in [-0.05, 0) is 41.1 Å². The monoisotopic (exact) mass is 345 g/mol. The average molecular weight is 346 g/mol. The maximum Gasteiger partial charge on any atom is 0.291 e. The zero-order chi connectivity index (χ0) is 15.5. The van der Waals surface area contributed by atoms with Gasteiger partial charge in [0.25, 0.3) is 5.24 Å². The van der Waals surface area contributed by atoms with Gasteiger partial charge in [0.1, 0.15) is 4.99 Å². The number of thiocarbonyl (C=S) groups is 1. The number of amides is 1. The molecule has 1 amide bonds. The Bertz CT molecular complexity index is 741. The molecule has 1 aliphatic heterocycles. The highest BCUT2D eigenvalue weighted by Crippen LogP contribution is 2.34. The number of carbonyl (C=O) groups excluding carboxylic acids is 1. The summed E-state index contributed by atoms with van der Waals surface area (Å²) in [4.78, 5) is 15.2. The van der Waals surface area contributed by atoms with E-state index in [-0.39, 0.29) is 5.24 Å². The molecule has 0 spiro atoms. The fraction of sp³-hybridized carbons (Fsp3) is 0.0588. The molecule has 1 fully saturated rings. The third-order valence-electron chi connectivity index (χ3n) is 3.22. The topological polar surface area (TPSA) is 20.3 Å². The van der Waals surface area contributed by atoms with Crippen molar-refractivity contribution in [3.63, 3.8) is 0 Å². The highest BCUT2D eigenvalue weighted by molar-refractivity contribution is 8.19. The summed E-state index contributed by atoms with van der Waals surface area (Å²) in [6.07, 6.45) is 1.95. The Kier molecular flexibility index (Phi) is 4.62. The predicted octanol–water partition coefficient (Wildman–Crippen LogP) is 5.38. The lowest BCUT2D eigenvalue weighted by Gasteiger charge is -2.14. The number of halogens is 1. The van der Waals surface area contributed by atoms with Crippen LogP contribution < -0.4 is 0 Å². The molecule has 110 valence electrons. The Morgan fingerprint density at radius 3 is 2.45 bits per heavy atom. The average Bonchev–Trinajstić information content (AvgIpc) is 2.78. The summed E-state index contributed by atoms with van der Waals surface area (Å²) < 4.78 is 0. The Balaban J connectivity index is 1.80. The second-order valence-electron chi connectivity index (χ2n) is 4.81. The summed E-state index contributed by atoms with van der Waals surface area (Å²) in [5.74, 6) is 0. The smallest absolute Gasteiger partial charge is 0.288 e. The zero-order valence-electron chi connectivity index (χ0n) is 11.5. The number of rotatable bonds is 3. The van der Waals surface area contributed by atoms with Gasteiger partial charge < -0.3 is 0 Å². The number of thioether (sulfide) groups is 1. The van der Waals surface area contributed by atoms with Crippen molar-refractivity contribution in [3.8, 4) is 0 Å². The molecule has 5 heteroatoms. The van der Waals surface area contributed by atoms with E-state index in [1.807, 2.05) is 60.7 Å². The Hall–Kier alpha value is -1.62. The van der Waals surface area contributed by atoms with E-state index in [2.05, 4.69) is 0 Å². The minimum Gasteiger partial charge on any atom is -0.288 e. The van der Waals surface area contributed by atoms with Crippen LogP contribution in [0.15, 0.2) is 59.5 Å². The van der Waals surface area contributed by atoms with Crippen LogP contribution in [0.3, 0.4) is 0 Å². The summed E-state index contributed by atoms with van der Waals surface area (Å²) in [5.41, 5.74) is 2.04. The first-order valence-electron chi connectivity index (χ1n) is 6.68. The van der Waals surface area contributed by atoms with Crippen molar-refractivity contribution in [3.05, 3.63) is 75.7 Å². The van der Waals surface area contributed by atoms with Crippen molar-refractivity contribution in [1.29, 1.82) is 0 Å². The summed E-state index contributed by atoms with van der Waals surface area (Å²) >= 11 is 12.5. The fourth-order valence-corrected chi connectivity index (χ4v) is 3.47. The van der Waals surface area contributed by atoms with E-state index in [1.54, 1.807) is 4.90 Å². The van der Waals surface area contributed by atoms with Gasteiger partial charge in [-0.1, -0.05) is 66.3 Å². The van der Waals surface area contributed by atoms with Gasteiger partial charge in [0.05, 0.1) is 11.4 Å². The second-order valence-corrected chi connectivity index (χ2v) is 6.62. The molecule has 2 aromatic carbocycles. The van der Waals surface area contributed by atoms with E-state index in [0.29, 0.717) is 16.6 Å². The number of hydrogen-bond donors (Lipinski definition) is 0. The summed E-state index contributed by atoms with van der Waals surface area (Å²) in [6, 6.07) is 17.3. The molecule has 0 aliphatic carbocycles. The Morgan fingerprint density at radius 1 is 1.09 bits per heavy atom. The molecule has 0 bridgehead atoms. The first-order valence-corrected chi connectivity index (χ1v) is 8.28. The van der Waals surface area contributed by atoms with Gasteiger partial charge in [-0.25, -0.2) is 0 Å². The number of benzene rings is 2. The highest BCUT2D eigenvalue weighted by atomic mass is 35.5. The van der Waals surface area contributed by atoms with Gasteiger partial charge in [-0.2, -0.15) is 0 Å². The molecule has 22 heavy (non-hydrogen) atoms. The van der Waals surface area contributed by atoms with Crippen molar-refractivity contribution >= 4 is 51.9 Å². The summed E-state index contributed by atoms with van der Waals surface area (Å²) in [5, 5.41) is 0.639. The lowest BCUT2D eigenvalue weighted by molar-refractivity contribution is 0.244. The summed E-state index contributed by atoms with van der Waals surface area (Å²) in [7, 11) is 0. The molecule has 0 atom stereocenters. The van der Waals surface area contributed by atoms with Crippen molar-refractivity contribution in [1.82, 2.24) is 4.90 Å². The largest absolute Gasteiger partial charge is 0.291 e. The standard InChI is InChI=1S/C17H12ClNOS2/c18-14-8-6-13(7-9-14)11-19-16(21)15(22-17(19)20)10-12-4-2-1-3-5-12/h1-10H,11H2/b15-10+. The molecular weight excluding hydrogens is 334 g/mol. The van der Waals surface area contributed by atoms with Crippen LogP contribution in [-0.2, 0) is 6.54 Å². The van der Waals surface area contributed by atoms with Crippen LogP contribution in [0, 0.1) is 0 Å². The van der Waals surface area contributed by atoms with E-state index in [0.717, 1.165) is 16.0 Å². The van der Waals surface area contributed by atoms with Gasteiger partial charge in [0.2, 0.25) is 0 Å². The van der Waals surface area contributed by atoms with Gasteiger partial charge in [-0.3, -0.25) is 9.69 Å². The van der Waals surface area contributed by atoms with Gasteiger partial charge in [0, 0.05) is 5.02 Å². The fourth-order valence-electron chi connectivity index (χ4n) is 2.11. The molecule has 0 aromatic heterocycles. The zero-order valence-corrected chi connectivity index (χ0v) is 13.9. The van der Waals surface area contributed by atoms with Crippen LogP contribution in [-0.4, -0.2) is 15.1 Å². The van der Waals surface area contributed by atoms with Crippen molar-refractivity contribution in [2.45, 2.75) is 6.54 Å². The lowest BCUT2D eigenvalue weighted by atomic mass is 10.2. The molecule has 3 rings (SSSR count). The number of nitrogens with zero attached hydrogens (tertiary/aromatic N) is 1. The molecule has 1 saturated heterocycles. The first-order chi connectivity index (χ1) is 10.6. The second kappa shape index (κ2) is 6.65. The van der Waals surface area contributed by atoms with E-state index in [4.69, 9.17) is 23.8 Å². The van der Waals surface area contributed by atoms with E-state index >= 15 is 0 Å². The van der Waals surface area contributed by atoms with Gasteiger partial charge in [-0.15, -0.1) is 0 Å². The molecule has 2 aromatic rings. The van der Waals surface area contributed by atoms with Crippen LogP contribution in [0.1, 0.15) is 11.1 Å². The number of hydrogen-bond acceptors (Lipinski definition) is 3. The van der Waals surface area contributed by atoms with Crippen LogP contribution in [0.5, 0.6) is 0 Å². The molecule has 1 aliphatic rings. The quantitative estimate of drug-likeness (QED) is 0.550. The normalized spacial score (nSPS) is 16.6. The molecule has 0 unspecified atom stereocenters. The molecule has 2 nitrogen and oxygen atoms in total. The van der Waals surface area contributed by atoms with Crippen molar-refractivity contribution in [2.24, 2.45) is 0 Å². The van der Waals surface area contributed by atoms with E-state index in [9.17, 15) is 4.79 Å². The predicted molar refractivity (Wildman–Crippen MR) is 97.0 cm³/mol. The Morgan fingerprint density at radius 2 is 1.77 bits per heavy atom. The Labute approximate surface area is 143 Å². The van der Waals surface area contributed by atoms with Gasteiger partial charge >= 0.3 is 0 Å². The van der Waals surface area contributed by atoms with Gasteiger partial charge in [0.15, 0.2) is 0 Å². The molecule has 0 saturated carbocycles. The third-order valence-corrected chi connectivity index (χ3v) is 4.97.